The number of thiocarbonyl (C=S) groups is 1. The van der Waals surface area contributed by atoms with E-state index in [0.29, 0.717) is 10.1 Å². The Balaban J connectivity index is 1.63. The lowest BCUT2D eigenvalue weighted by atomic mass is 9.78. The van der Waals surface area contributed by atoms with E-state index in [0.717, 1.165) is 39.4 Å². The lowest BCUT2D eigenvalue weighted by molar-refractivity contribution is -0.130. The van der Waals surface area contributed by atoms with Crippen molar-refractivity contribution in [1.82, 2.24) is 5.32 Å². The molecule has 2 aliphatic rings. The number of benzene rings is 3. The first-order valence-corrected chi connectivity index (χ1v) is 12.0. The normalized spacial score (nSPS) is 23.0. The molecule has 5 rings (SSSR count). The third-order valence-corrected chi connectivity index (χ3v) is 7.21. The molecule has 2 heterocycles. The fourth-order valence-corrected chi connectivity index (χ4v) is 5.59. The van der Waals surface area contributed by atoms with Crippen LogP contribution >= 0.6 is 23.8 Å². The zero-order chi connectivity index (χ0) is 24.2. The van der Waals surface area contributed by atoms with Gasteiger partial charge in [0.15, 0.2) is 10.8 Å². The number of carbonyl (C=O) groups excluding carboxylic acids is 1. The molecule has 3 atom stereocenters. The molecule has 2 bridgehead atoms. The van der Waals surface area contributed by atoms with Crippen molar-refractivity contribution in [2.24, 2.45) is 5.92 Å². The first-order valence-electron chi connectivity index (χ1n) is 11.2. The quantitative estimate of drug-likeness (QED) is 0.436. The number of nitrogens with one attached hydrogen (secondary N) is 2. The van der Waals surface area contributed by atoms with E-state index in [1.165, 1.54) is 0 Å². The first kappa shape index (κ1) is 22.7. The average Bonchev–Trinajstić information content (AvgIpc) is 2.77. The maximum absolute atomic E-state index is 13.9. The van der Waals surface area contributed by atoms with Gasteiger partial charge in [-0.25, -0.2) is 0 Å². The summed E-state index contributed by atoms with van der Waals surface area (Å²) in [5, 5.41) is 7.72. The predicted octanol–water partition coefficient (Wildman–Crippen LogP) is 6.06. The summed E-state index contributed by atoms with van der Waals surface area (Å²) in [5.41, 5.74) is 4.69. The fraction of sp³-hybridized carbons (Fsp3) is 0.259. The summed E-state index contributed by atoms with van der Waals surface area (Å²) in [7, 11) is 0. The molecule has 34 heavy (non-hydrogen) atoms. The van der Waals surface area contributed by atoms with Crippen LogP contribution in [0.25, 0.3) is 0 Å². The van der Waals surface area contributed by atoms with Crippen molar-refractivity contribution in [2.75, 3.05) is 10.2 Å². The number of nitrogens with zero attached hydrogens (tertiary/aromatic N) is 1. The van der Waals surface area contributed by atoms with Crippen LogP contribution in [0.15, 0.2) is 60.7 Å². The number of hydrogen-bond donors (Lipinski definition) is 2. The maximum Gasteiger partial charge on any atom is 0.236 e. The van der Waals surface area contributed by atoms with Gasteiger partial charge in [-0.05, 0) is 81.9 Å². The number of aryl methyl sites for hydroxylation is 3. The van der Waals surface area contributed by atoms with Crippen LogP contribution < -0.4 is 20.3 Å². The minimum absolute atomic E-state index is 0.138. The Hall–Kier alpha value is -3.09. The molecule has 1 fully saturated rings. The summed E-state index contributed by atoms with van der Waals surface area (Å²) in [6.07, 6.45) is 0. The van der Waals surface area contributed by atoms with E-state index in [1.807, 2.05) is 69.0 Å². The SMILES string of the molecule is Cc1ccc(NC(=O)C2C3NC(=S)N(c4ccc(Cl)cc4)C2(C)Oc2ccc(C)cc23)c(C)c1. The summed E-state index contributed by atoms with van der Waals surface area (Å²) in [5.74, 6) is 0.00749. The Morgan fingerprint density at radius 2 is 1.74 bits per heavy atom. The van der Waals surface area contributed by atoms with Gasteiger partial charge in [0.05, 0.1) is 6.04 Å². The van der Waals surface area contributed by atoms with Crippen molar-refractivity contribution in [3.05, 3.63) is 87.9 Å². The van der Waals surface area contributed by atoms with E-state index in [4.69, 9.17) is 28.6 Å². The smallest absolute Gasteiger partial charge is 0.236 e. The number of carbonyl (C=O) groups is 1. The molecule has 3 aromatic rings. The highest BCUT2D eigenvalue weighted by Gasteiger charge is 2.59. The fourth-order valence-electron chi connectivity index (χ4n) is 5.05. The van der Waals surface area contributed by atoms with Crippen molar-refractivity contribution in [1.29, 1.82) is 0 Å². The monoisotopic (exact) mass is 491 g/mol. The van der Waals surface area contributed by atoms with Gasteiger partial charge in [0.2, 0.25) is 5.91 Å². The van der Waals surface area contributed by atoms with Crippen molar-refractivity contribution in [2.45, 2.75) is 39.5 Å². The molecule has 2 N–H and O–H groups in total. The molecule has 3 unspecified atom stereocenters. The van der Waals surface area contributed by atoms with Gasteiger partial charge in [-0.1, -0.05) is 47.0 Å². The molecule has 2 aliphatic heterocycles. The van der Waals surface area contributed by atoms with Crippen LogP contribution in [0.1, 0.15) is 35.2 Å². The number of halogens is 1. The molecule has 7 heteroatoms. The number of rotatable bonds is 3. The molecule has 0 radical (unpaired) electrons. The zero-order valence-corrected chi connectivity index (χ0v) is 21.1. The lowest BCUT2D eigenvalue weighted by Gasteiger charge is -2.56. The van der Waals surface area contributed by atoms with Crippen LogP contribution in [-0.2, 0) is 4.79 Å². The van der Waals surface area contributed by atoms with Gasteiger partial charge in [0, 0.05) is 22.0 Å². The molecule has 0 spiro atoms. The lowest BCUT2D eigenvalue weighted by Crippen LogP contribution is -2.72. The molecular weight excluding hydrogens is 466 g/mol. The Labute approximate surface area is 210 Å². The molecule has 1 saturated heterocycles. The average molecular weight is 492 g/mol. The van der Waals surface area contributed by atoms with Gasteiger partial charge >= 0.3 is 0 Å². The molecule has 0 saturated carbocycles. The summed E-state index contributed by atoms with van der Waals surface area (Å²) < 4.78 is 6.64. The largest absolute Gasteiger partial charge is 0.467 e. The van der Waals surface area contributed by atoms with Crippen LogP contribution in [0.5, 0.6) is 5.75 Å². The third-order valence-electron chi connectivity index (χ3n) is 6.66. The maximum atomic E-state index is 13.9. The van der Waals surface area contributed by atoms with Gasteiger partial charge in [0.1, 0.15) is 11.7 Å². The number of fused-ring (bicyclic) bond motifs is 4. The van der Waals surface area contributed by atoms with E-state index in [-0.39, 0.29) is 11.9 Å². The summed E-state index contributed by atoms with van der Waals surface area (Å²) in [6.45, 7) is 7.98. The summed E-state index contributed by atoms with van der Waals surface area (Å²) in [6, 6.07) is 19.1. The Morgan fingerprint density at radius 3 is 2.44 bits per heavy atom. The van der Waals surface area contributed by atoms with E-state index in [9.17, 15) is 4.79 Å². The Morgan fingerprint density at radius 1 is 1.06 bits per heavy atom. The number of hydrogen-bond acceptors (Lipinski definition) is 3. The van der Waals surface area contributed by atoms with Crippen LogP contribution in [-0.4, -0.2) is 16.7 Å². The minimum Gasteiger partial charge on any atom is -0.467 e. The van der Waals surface area contributed by atoms with Crippen molar-refractivity contribution in [3.63, 3.8) is 0 Å². The molecule has 0 aliphatic carbocycles. The predicted molar refractivity (Wildman–Crippen MR) is 141 cm³/mol. The van der Waals surface area contributed by atoms with Gasteiger partial charge in [-0.3, -0.25) is 9.69 Å². The van der Waals surface area contributed by atoms with E-state index in [1.54, 1.807) is 12.1 Å². The van der Waals surface area contributed by atoms with Gasteiger partial charge in [0.25, 0.3) is 0 Å². The van der Waals surface area contributed by atoms with E-state index in [2.05, 4.69) is 22.8 Å². The van der Waals surface area contributed by atoms with Crippen molar-refractivity contribution in [3.8, 4) is 5.75 Å². The van der Waals surface area contributed by atoms with E-state index < -0.39 is 11.6 Å². The third kappa shape index (κ3) is 3.71. The minimum atomic E-state index is -1.06. The second kappa shape index (κ2) is 8.29. The molecular formula is C27H26ClN3O2S. The second-order valence-electron chi connectivity index (χ2n) is 9.22. The zero-order valence-electron chi connectivity index (χ0n) is 19.5. The van der Waals surface area contributed by atoms with Crippen LogP contribution in [0.4, 0.5) is 11.4 Å². The van der Waals surface area contributed by atoms with Crippen LogP contribution in [0, 0.1) is 26.7 Å². The van der Waals surface area contributed by atoms with E-state index >= 15 is 0 Å². The Kier molecular flexibility index (Phi) is 5.53. The van der Waals surface area contributed by atoms with Gasteiger partial charge in [-0.15, -0.1) is 0 Å². The highest BCUT2D eigenvalue weighted by molar-refractivity contribution is 7.80. The highest BCUT2D eigenvalue weighted by atomic mass is 35.5. The van der Waals surface area contributed by atoms with Gasteiger partial charge in [-0.2, -0.15) is 0 Å². The van der Waals surface area contributed by atoms with Crippen molar-refractivity contribution >= 4 is 46.2 Å². The topological polar surface area (TPSA) is 53.6 Å². The summed E-state index contributed by atoms with van der Waals surface area (Å²) >= 11 is 11.9. The molecule has 174 valence electrons. The first-order chi connectivity index (χ1) is 16.2. The molecule has 3 aromatic carbocycles. The van der Waals surface area contributed by atoms with Crippen LogP contribution in [0.3, 0.4) is 0 Å². The number of amides is 1. The number of ether oxygens (including phenoxy) is 1. The molecule has 0 aromatic heterocycles. The summed E-state index contributed by atoms with van der Waals surface area (Å²) in [4.78, 5) is 15.8. The number of anilines is 2. The van der Waals surface area contributed by atoms with Gasteiger partial charge < -0.3 is 15.4 Å². The molecule has 1 amide bonds. The standard InChI is InChI=1S/C27H26ClN3O2S/c1-15-5-11-21(17(3)13-15)29-25(32)23-24-20-14-16(2)6-12-22(20)33-27(23,4)31(26(34)30-24)19-9-7-18(28)8-10-19/h5-14,23-24H,1-4H3,(H,29,32)(H,30,34). The second-order valence-corrected chi connectivity index (χ2v) is 10.0. The van der Waals surface area contributed by atoms with Crippen molar-refractivity contribution < 1.29 is 9.53 Å². The molecule has 5 nitrogen and oxygen atoms in total. The van der Waals surface area contributed by atoms with Crippen LogP contribution in [0.2, 0.25) is 5.02 Å². The Bertz CT molecular complexity index is 1310. The highest BCUT2D eigenvalue weighted by Crippen LogP contribution is 2.50.